The summed E-state index contributed by atoms with van der Waals surface area (Å²) in [5.41, 5.74) is 0. The molecule has 1 aromatic heterocycles. The Hall–Kier alpha value is -2.22. The molecular formula is C18H26N6O2. The summed E-state index contributed by atoms with van der Waals surface area (Å²) >= 11 is 0. The second kappa shape index (κ2) is 7.19. The van der Waals surface area contributed by atoms with Crippen LogP contribution in [-0.4, -0.2) is 76.9 Å². The Morgan fingerprint density at radius 1 is 1.38 bits per heavy atom. The van der Waals surface area contributed by atoms with Gasteiger partial charge in [0.15, 0.2) is 0 Å². The van der Waals surface area contributed by atoms with Crippen LogP contribution in [0.4, 0.5) is 5.82 Å². The van der Waals surface area contributed by atoms with Gasteiger partial charge >= 0.3 is 0 Å². The topological polar surface area (TPSA) is 90.5 Å². The zero-order chi connectivity index (χ0) is 18.1. The molecule has 2 amide bonds. The molecule has 8 nitrogen and oxygen atoms in total. The van der Waals surface area contributed by atoms with Gasteiger partial charge < -0.3 is 15.5 Å². The number of carbonyl (C=O) groups excluding carboxylic acids is 2. The van der Waals surface area contributed by atoms with E-state index in [9.17, 15) is 9.59 Å². The third-order valence-electron chi connectivity index (χ3n) is 5.53. The first-order chi connectivity index (χ1) is 12.6. The van der Waals surface area contributed by atoms with Crippen molar-refractivity contribution < 1.29 is 9.59 Å². The second-order valence-electron chi connectivity index (χ2n) is 7.60. The molecule has 1 aliphatic carbocycles. The van der Waals surface area contributed by atoms with Crippen LogP contribution >= 0.6 is 0 Å². The lowest BCUT2D eigenvalue weighted by atomic mass is 9.98. The maximum Gasteiger partial charge on any atom is 0.236 e. The molecule has 3 heterocycles. The summed E-state index contributed by atoms with van der Waals surface area (Å²) in [4.78, 5) is 36.7. The van der Waals surface area contributed by atoms with E-state index in [1.165, 1.54) is 12.8 Å². The Labute approximate surface area is 153 Å². The first-order valence-electron chi connectivity index (χ1n) is 9.41. The summed E-state index contributed by atoms with van der Waals surface area (Å²) in [6.07, 6.45) is 4.26. The summed E-state index contributed by atoms with van der Waals surface area (Å²) in [7, 11) is 0. The number of hydrogen-bond donors (Lipinski definition) is 2. The fourth-order valence-corrected chi connectivity index (χ4v) is 4.03. The third kappa shape index (κ3) is 3.95. The predicted octanol–water partition coefficient (Wildman–Crippen LogP) is -0.134. The van der Waals surface area contributed by atoms with Gasteiger partial charge in [-0.1, -0.05) is 0 Å². The van der Waals surface area contributed by atoms with Crippen LogP contribution in [-0.2, 0) is 9.59 Å². The van der Waals surface area contributed by atoms with E-state index >= 15 is 0 Å². The van der Waals surface area contributed by atoms with Gasteiger partial charge in [-0.25, -0.2) is 9.97 Å². The van der Waals surface area contributed by atoms with E-state index < -0.39 is 0 Å². The van der Waals surface area contributed by atoms with E-state index in [1.54, 1.807) is 6.20 Å². The Morgan fingerprint density at radius 3 is 2.96 bits per heavy atom. The van der Waals surface area contributed by atoms with Crippen LogP contribution in [0.5, 0.6) is 0 Å². The van der Waals surface area contributed by atoms with E-state index in [2.05, 4.69) is 20.6 Å². The van der Waals surface area contributed by atoms with Crippen molar-refractivity contribution in [2.75, 3.05) is 44.6 Å². The van der Waals surface area contributed by atoms with Crippen LogP contribution in [0.1, 0.15) is 18.7 Å². The van der Waals surface area contributed by atoms with Crippen LogP contribution in [0.15, 0.2) is 12.3 Å². The van der Waals surface area contributed by atoms with Crippen LogP contribution in [0, 0.1) is 18.8 Å². The minimum atomic E-state index is 0.00000310. The molecule has 2 saturated heterocycles. The van der Waals surface area contributed by atoms with Crippen LogP contribution in [0.3, 0.4) is 0 Å². The van der Waals surface area contributed by atoms with Crippen molar-refractivity contribution in [2.24, 2.45) is 11.8 Å². The molecule has 2 N–H and O–H groups in total. The van der Waals surface area contributed by atoms with E-state index in [0.29, 0.717) is 38.0 Å². The largest absolute Gasteiger partial charge is 0.365 e. The van der Waals surface area contributed by atoms with Gasteiger partial charge in [0.2, 0.25) is 11.8 Å². The van der Waals surface area contributed by atoms with E-state index in [4.69, 9.17) is 0 Å². The highest BCUT2D eigenvalue weighted by molar-refractivity contribution is 5.82. The van der Waals surface area contributed by atoms with E-state index in [-0.39, 0.29) is 17.9 Å². The molecule has 2 aliphatic heterocycles. The number of piperazine rings is 1. The van der Waals surface area contributed by atoms with E-state index in [1.807, 2.05) is 22.8 Å². The first kappa shape index (κ1) is 17.2. The zero-order valence-electron chi connectivity index (χ0n) is 15.1. The molecule has 0 unspecified atom stereocenters. The Morgan fingerprint density at radius 2 is 2.23 bits per heavy atom. The number of hydrogen-bond acceptors (Lipinski definition) is 6. The maximum absolute atomic E-state index is 12.8. The average molecular weight is 358 g/mol. The number of amides is 2. The molecule has 0 spiro atoms. The molecule has 2 atom stereocenters. The zero-order valence-corrected chi connectivity index (χ0v) is 15.1. The lowest BCUT2D eigenvalue weighted by Gasteiger charge is -2.27. The summed E-state index contributed by atoms with van der Waals surface area (Å²) in [6.45, 7) is 5.36. The highest BCUT2D eigenvalue weighted by atomic mass is 16.2. The molecule has 3 aliphatic rings. The van der Waals surface area contributed by atoms with Gasteiger partial charge in [0.05, 0.1) is 13.1 Å². The van der Waals surface area contributed by atoms with Crippen molar-refractivity contribution in [2.45, 2.75) is 25.8 Å². The van der Waals surface area contributed by atoms with Crippen molar-refractivity contribution in [1.29, 1.82) is 0 Å². The number of rotatable bonds is 5. The van der Waals surface area contributed by atoms with Gasteiger partial charge in [0, 0.05) is 44.3 Å². The smallest absolute Gasteiger partial charge is 0.236 e. The summed E-state index contributed by atoms with van der Waals surface area (Å²) in [5.74, 6) is 2.86. The van der Waals surface area contributed by atoms with Crippen molar-refractivity contribution >= 4 is 17.6 Å². The lowest BCUT2D eigenvalue weighted by Crippen LogP contribution is -2.51. The van der Waals surface area contributed by atoms with Gasteiger partial charge in [-0.2, -0.15) is 0 Å². The highest BCUT2D eigenvalue weighted by Gasteiger charge is 2.44. The molecule has 1 saturated carbocycles. The number of nitrogens with one attached hydrogen (secondary N) is 2. The molecule has 3 fully saturated rings. The molecular weight excluding hydrogens is 332 g/mol. The minimum Gasteiger partial charge on any atom is -0.365 e. The van der Waals surface area contributed by atoms with Gasteiger partial charge in [-0.15, -0.1) is 0 Å². The number of likely N-dealkylation sites (tertiary alicyclic amines) is 1. The SMILES string of the molecule is Cc1nccc(N[C@@H]2CN(C(=O)CN3CCNC(=O)C3)C[C@H]2C2CC2)n1. The van der Waals surface area contributed by atoms with Crippen molar-refractivity contribution in [3.05, 3.63) is 18.1 Å². The molecule has 0 radical (unpaired) electrons. The number of anilines is 1. The molecule has 26 heavy (non-hydrogen) atoms. The van der Waals surface area contributed by atoms with E-state index in [0.717, 1.165) is 24.7 Å². The molecule has 1 aromatic rings. The molecule has 8 heteroatoms. The molecule has 4 rings (SSSR count). The van der Waals surface area contributed by atoms with Crippen LogP contribution in [0.25, 0.3) is 0 Å². The normalized spacial score (nSPS) is 26.7. The monoisotopic (exact) mass is 358 g/mol. The number of nitrogens with zero attached hydrogens (tertiary/aromatic N) is 4. The maximum atomic E-state index is 12.8. The summed E-state index contributed by atoms with van der Waals surface area (Å²) in [5, 5.41) is 6.32. The number of aromatic nitrogens is 2. The average Bonchev–Trinajstić information content (AvgIpc) is 3.36. The molecule has 0 aromatic carbocycles. The van der Waals surface area contributed by atoms with Gasteiger partial charge in [0.25, 0.3) is 0 Å². The Balaban J connectivity index is 1.39. The molecule has 140 valence electrons. The third-order valence-corrected chi connectivity index (χ3v) is 5.53. The first-order valence-corrected chi connectivity index (χ1v) is 9.41. The lowest BCUT2D eigenvalue weighted by molar-refractivity contribution is -0.133. The summed E-state index contributed by atoms with van der Waals surface area (Å²) in [6, 6.07) is 2.11. The fraction of sp³-hybridized carbons (Fsp3) is 0.667. The minimum absolute atomic E-state index is 0.00000310. The Kier molecular flexibility index (Phi) is 4.76. The van der Waals surface area contributed by atoms with Crippen molar-refractivity contribution in [3.63, 3.8) is 0 Å². The number of aryl methyl sites for hydroxylation is 1. The van der Waals surface area contributed by atoms with Crippen LogP contribution < -0.4 is 10.6 Å². The number of carbonyl (C=O) groups is 2. The predicted molar refractivity (Wildman–Crippen MR) is 96.4 cm³/mol. The molecule has 0 bridgehead atoms. The van der Waals surface area contributed by atoms with Crippen molar-refractivity contribution in [3.8, 4) is 0 Å². The quantitative estimate of drug-likeness (QED) is 0.762. The van der Waals surface area contributed by atoms with Gasteiger partial charge in [-0.05, 0) is 31.7 Å². The summed E-state index contributed by atoms with van der Waals surface area (Å²) < 4.78 is 0. The standard InChI is InChI=1S/C18H26N6O2/c1-12-19-5-4-16(21-12)22-15-9-24(8-14(15)13-2-3-13)18(26)11-23-7-6-20-17(25)10-23/h4-5,13-15H,2-3,6-11H2,1H3,(H,20,25)(H,19,21,22)/t14-,15+/m0/s1. The highest BCUT2D eigenvalue weighted by Crippen LogP contribution is 2.42. The Bertz CT molecular complexity index is 692. The fourth-order valence-electron chi connectivity index (χ4n) is 4.03. The second-order valence-corrected chi connectivity index (χ2v) is 7.60. The van der Waals surface area contributed by atoms with Crippen molar-refractivity contribution in [1.82, 2.24) is 25.1 Å². The van der Waals surface area contributed by atoms with Gasteiger partial charge in [-0.3, -0.25) is 14.5 Å². The van der Waals surface area contributed by atoms with Gasteiger partial charge in [0.1, 0.15) is 11.6 Å². The van der Waals surface area contributed by atoms with Crippen LogP contribution in [0.2, 0.25) is 0 Å².